The molecule has 0 bridgehead atoms. The van der Waals surface area contributed by atoms with Gasteiger partial charge in [-0.2, -0.15) is 0 Å². The fraction of sp³-hybridized carbons (Fsp3) is 0.312. The first kappa shape index (κ1) is 25.9. The molecule has 3 N–H and O–H groups in total. The summed E-state index contributed by atoms with van der Waals surface area (Å²) in [5.41, 5.74) is 6.59. The van der Waals surface area contributed by atoms with Gasteiger partial charge in [-0.05, 0) is 78.6 Å². The van der Waals surface area contributed by atoms with E-state index in [-0.39, 0.29) is 5.82 Å². The highest BCUT2D eigenvalue weighted by Gasteiger charge is 2.21. The Morgan fingerprint density at radius 1 is 0.842 bits per heavy atom. The van der Waals surface area contributed by atoms with Crippen LogP contribution < -0.4 is 16.0 Å². The van der Waals surface area contributed by atoms with Crippen molar-refractivity contribution in [3.8, 4) is 11.1 Å². The molecular weight excluding hydrogens is 473 g/mol. The van der Waals surface area contributed by atoms with Crippen molar-refractivity contribution in [3.63, 3.8) is 0 Å². The van der Waals surface area contributed by atoms with Gasteiger partial charge in [0.25, 0.3) is 0 Å². The summed E-state index contributed by atoms with van der Waals surface area (Å²) in [5, 5.41) is 10.9. The summed E-state index contributed by atoms with van der Waals surface area (Å²) in [6.07, 6.45) is 11.1. The first-order valence-corrected chi connectivity index (χ1v) is 13.6. The van der Waals surface area contributed by atoms with Gasteiger partial charge in [0, 0.05) is 43.1 Å². The monoisotopic (exact) mass is 509 g/mol. The van der Waals surface area contributed by atoms with Crippen molar-refractivity contribution in [2.24, 2.45) is 0 Å². The van der Waals surface area contributed by atoms with E-state index in [0.29, 0.717) is 18.6 Å². The van der Waals surface area contributed by atoms with Crippen LogP contribution in [0.5, 0.6) is 0 Å². The largest absolute Gasteiger partial charge is 0.379 e. The van der Waals surface area contributed by atoms with E-state index in [1.54, 1.807) is 12.1 Å². The van der Waals surface area contributed by atoms with E-state index < -0.39 is 0 Å². The molecule has 0 unspecified atom stereocenters. The van der Waals surface area contributed by atoms with Crippen LogP contribution in [0.1, 0.15) is 49.3 Å². The molecule has 196 valence electrons. The first-order chi connectivity index (χ1) is 18.7. The highest BCUT2D eigenvalue weighted by Crippen LogP contribution is 2.31. The van der Waals surface area contributed by atoms with Crippen LogP contribution in [0.25, 0.3) is 11.1 Å². The van der Waals surface area contributed by atoms with E-state index in [4.69, 9.17) is 0 Å². The van der Waals surface area contributed by atoms with Gasteiger partial charge in [-0.25, -0.2) is 9.37 Å². The third-order valence-corrected chi connectivity index (χ3v) is 7.37. The summed E-state index contributed by atoms with van der Waals surface area (Å²) in [5.74, 6) is 0.684. The molecule has 0 spiro atoms. The van der Waals surface area contributed by atoms with E-state index in [9.17, 15) is 4.39 Å². The molecule has 4 aromatic rings. The molecule has 1 fully saturated rings. The van der Waals surface area contributed by atoms with Gasteiger partial charge in [-0.3, -0.25) is 4.98 Å². The van der Waals surface area contributed by atoms with E-state index >= 15 is 0 Å². The highest BCUT2D eigenvalue weighted by atomic mass is 19.1. The van der Waals surface area contributed by atoms with Gasteiger partial charge in [0.15, 0.2) is 0 Å². The zero-order chi connectivity index (χ0) is 26.2. The molecule has 5 nitrogen and oxygen atoms in total. The molecule has 1 saturated carbocycles. The molecule has 5 rings (SSSR count). The maximum absolute atomic E-state index is 13.6. The maximum Gasteiger partial charge on any atom is 0.126 e. The average molecular weight is 510 g/mol. The minimum Gasteiger partial charge on any atom is -0.379 e. The van der Waals surface area contributed by atoms with E-state index in [1.807, 2.05) is 30.7 Å². The third kappa shape index (κ3) is 6.75. The predicted octanol–water partition coefficient (Wildman–Crippen LogP) is 6.97. The van der Waals surface area contributed by atoms with Crippen molar-refractivity contribution in [1.29, 1.82) is 0 Å². The molecule has 2 heterocycles. The fourth-order valence-corrected chi connectivity index (χ4v) is 5.30. The lowest BCUT2D eigenvalue weighted by Crippen LogP contribution is -2.36. The molecule has 0 amide bonds. The van der Waals surface area contributed by atoms with Crippen molar-refractivity contribution in [1.82, 2.24) is 15.3 Å². The van der Waals surface area contributed by atoms with Crippen molar-refractivity contribution in [2.45, 2.75) is 64.2 Å². The van der Waals surface area contributed by atoms with Gasteiger partial charge in [0.05, 0.1) is 11.9 Å². The van der Waals surface area contributed by atoms with Gasteiger partial charge in [0.2, 0.25) is 0 Å². The van der Waals surface area contributed by atoms with Crippen LogP contribution in [0.2, 0.25) is 0 Å². The molecule has 0 saturated heterocycles. The zero-order valence-corrected chi connectivity index (χ0v) is 22.0. The van der Waals surface area contributed by atoms with Gasteiger partial charge in [-0.15, -0.1) is 0 Å². The minimum atomic E-state index is -0.222. The van der Waals surface area contributed by atoms with E-state index in [1.165, 1.54) is 17.2 Å². The van der Waals surface area contributed by atoms with Crippen molar-refractivity contribution >= 4 is 11.5 Å². The molecule has 2 aromatic heterocycles. The number of nitrogens with one attached hydrogen (secondary N) is 3. The average Bonchev–Trinajstić information content (AvgIpc) is 2.96. The smallest absolute Gasteiger partial charge is 0.126 e. The van der Waals surface area contributed by atoms with Crippen LogP contribution in [-0.2, 0) is 19.5 Å². The summed E-state index contributed by atoms with van der Waals surface area (Å²) in [4.78, 5) is 9.13. The molecule has 0 atom stereocenters. The van der Waals surface area contributed by atoms with Crippen LogP contribution in [0, 0.1) is 5.82 Å². The minimum absolute atomic E-state index is 0.222. The predicted molar refractivity (Wildman–Crippen MR) is 154 cm³/mol. The summed E-state index contributed by atoms with van der Waals surface area (Å²) < 4.78 is 13.6. The summed E-state index contributed by atoms with van der Waals surface area (Å²) in [7, 11) is 0. The summed E-state index contributed by atoms with van der Waals surface area (Å²) in [6.45, 7) is 3.62. The maximum atomic E-state index is 13.6. The molecule has 38 heavy (non-hydrogen) atoms. The van der Waals surface area contributed by atoms with Crippen LogP contribution in [0.3, 0.4) is 0 Å². The lowest BCUT2D eigenvalue weighted by atomic mass is 9.91. The number of pyridine rings is 2. The number of hydrogen-bond donors (Lipinski definition) is 3. The lowest BCUT2D eigenvalue weighted by Gasteiger charge is -2.30. The second-order valence-electron chi connectivity index (χ2n) is 10.0. The molecule has 1 aliphatic carbocycles. The summed E-state index contributed by atoms with van der Waals surface area (Å²) in [6, 6.07) is 22.5. The topological polar surface area (TPSA) is 61.9 Å². The first-order valence-electron chi connectivity index (χ1n) is 13.6. The van der Waals surface area contributed by atoms with Crippen LogP contribution in [0.15, 0.2) is 85.3 Å². The number of aromatic nitrogens is 2. The number of hydrogen-bond acceptors (Lipinski definition) is 5. The highest BCUT2D eigenvalue weighted by molar-refractivity contribution is 5.74. The standard InChI is InChI=1S/C32H36FN5/c1-2-29-30(21-34-22-31(29)37-20-24-9-6-10-26(33)17-24)25-15-16-35-32(18-25)38-28-13-11-27(12-14-28)36-19-23-7-4-3-5-8-23/h3-10,15-18,21-22,27-28,36-37H,2,11-14,19-20H2,1H3,(H,35,38). The molecular formula is C32H36FN5. The quantitative estimate of drug-likeness (QED) is 0.215. The van der Waals surface area contributed by atoms with Gasteiger partial charge in [0.1, 0.15) is 11.6 Å². The van der Waals surface area contributed by atoms with Gasteiger partial charge in [-0.1, -0.05) is 49.4 Å². The fourth-order valence-electron chi connectivity index (χ4n) is 5.30. The van der Waals surface area contributed by atoms with E-state index in [2.05, 4.69) is 69.2 Å². The Hall–Kier alpha value is -3.77. The van der Waals surface area contributed by atoms with Gasteiger partial charge >= 0.3 is 0 Å². The third-order valence-electron chi connectivity index (χ3n) is 7.37. The second-order valence-corrected chi connectivity index (χ2v) is 10.0. The Kier molecular flexibility index (Phi) is 8.61. The SMILES string of the molecule is CCc1c(NCc2cccc(F)c2)cncc1-c1ccnc(NC2CCC(NCc3ccccc3)CC2)c1. The molecule has 2 aromatic carbocycles. The number of rotatable bonds is 10. The van der Waals surface area contributed by atoms with Crippen molar-refractivity contribution in [2.75, 3.05) is 10.6 Å². The second kappa shape index (κ2) is 12.7. The Labute approximate surface area is 225 Å². The molecule has 0 aliphatic heterocycles. The molecule has 6 heteroatoms. The van der Waals surface area contributed by atoms with Crippen LogP contribution in [0.4, 0.5) is 15.9 Å². The Morgan fingerprint density at radius 2 is 1.63 bits per heavy atom. The van der Waals surface area contributed by atoms with E-state index in [0.717, 1.165) is 66.8 Å². The number of halogens is 1. The van der Waals surface area contributed by atoms with Crippen molar-refractivity contribution in [3.05, 3.63) is 108 Å². The van der Waals surface area contributed by atoms with Crippen LogP contribution in [-0.4, -0.2) is 22.1 Å². The number of nitrogens with zero attached hydrogens (tertiary/aromatic N) is 2. The molecule has 0 radical (unpaired) electrons. The number of benzene rings is 2. The van der Waals surface area contributed by atoms with Gasteiger partial charge < -0.3 is 16.0 Å². The van der Waals surface area contributed by atoms with Crippen LogP contribution >= 0.6 is 0 Å². The normalized spacial score (nSPS) is 17.2. The lowest BCUT2D eigenvalue weighted by molar-refractivity contribution is 0.352. The molecule has 1 aliphatic rings. The van der Waals surface area contributed by atoms with Crippen molar-refractivity contribution < 1.29 is 4.39 Å². The Bertz CT molecular complexity index is 1320. The zero-order valence-electron chi connectivity index (χ0n) is 22.0. The number of anilines is 2. The summed E-state index contributed by atoms with van der Waals surface area (Å²) >= 11 is 0. The Balaban J connectivity index is 1.20. The Morgan fingerprint density at radius 3 is 2.42 bits per heavy atom.